The molecular formula is C17H18ClN3S. The third kappa shape index (κ3) is 2.70. The number of hydrogen-bond acceptors (Lipinski definition) is 4. The molecule has 0 unspecified atom stereocenters. The molecule has 1 aromatic heterocycles. The summed E-state index contributed by atoms with van der Waals surface area (Å²) in [6.45, 7) is 2.17. The first kappa shape index (κ1) is 14.3. The Morgan fingerprint density at radius 3 is 2.77 bits per heavy atom. The fraction of sp³-hybridized carbons (Fsp3) is 0.412. The highest BCUT2D eigenvalue weighted by molar-refractivity contribution is 7.99. The quantitative estimate of drug-likeness (QED) is 0.836. The molecule has 2 heterocycles. The maximum Gasteiger partial charge on any atom is 0.161 e. The number of hydrogen-bond donors (Lipinski definition) is 0. The van der Waals surface area contributed by atoms with Gasteiger partial charge in [0.25, 0.3) is 0 Å². The molecule has 5 heteroatoms. The molecule has 2 aliphatic rings. The van der Waals surface area contributed by atoms with E-state index in [-0.39, 0.29) is 0 Å². The van der Waals surface area contributed by atoms with Gasteiger partial charge in [0.2, 0.25) is 0 Å². The average Bonchev–Trinajstić information content (AvgIpc) is 3.03. The van der Waals surface area contributed by atoms with Crippen molar-refractivity contribution in [3.8, 4) is 11.4 Å². The molecule has 4 rings (SSSR count). The summed E-state index contributed by atoms with van der Waals surface area (Å²) in [6, 6.07) is 7.85. The normalized spacial score (nSPS) is 17.6. The van der Waals surface area contributed by atoms with E-state index in [1.54, 1.807) is 0 Å². The molecule has 1 aromatic carbocycles. The van der Waals surface area contributed by atoms with E-state index in [1.165, 1.54) is 29.2 Å². The van der Waals surface area contributed by atoms with Crippen LogP contribution < -0.4 is 4.90 Å². The summed E-state index contributed by atoms with van der Waals surface area (Å²) in [5.74, 6) is 4.35. The number of nitrogens with zero attached hydrogens (tertiary/aromatic N) is 3. The number of rotatable bonds is 2. The Morgan fingerprint density at radius 1 is 1.09 bits per heavy atom. The van der Waals surface area contributed by atoms with Crippen LogP contribution in [-0.4, -0.2) is 34.6 Å². The van der Waals surface area contributed by atoms with E-state index in [2.05, 4.69) is 4.90 Å². The third-order valence-corrected chi connectivity index (χ3v) is 5.48. The second-order valence-electron chi connectivity index (χ2n) is 5.76. The molecule has 3 nitrogen and oxygen atoms in total. The molecule has 0 saturated carbocycles. The molecule has 1 fully saturated rings. The Labute approximate surface area is 140 Å². The van der Waals surface area contributed by atoms with Gasteiger partial charge in [0, 0.05) is 46.4 Å². The van der Waals surface area contributed by atoms with Gasteiger partial charge in [-0.25, -0.2) is 9.97 Å². The topological polar surface area (TPSA) is 29.0 Å². The van der Waals surface area contributed by atoms with Crippen molar-refractivity contribution in [1.29, 1.82) is 0 Å². The van der Waals surface area contributed by atoms with Gasteiger partial charge in [-0.3, -0.25) is 0 Å². The largest absolute Gasteiger partial charge is 0.355 e. The van der Waals surface area contributed by atoms with E-state index in [1.807, 2.05) is 36.0 Å². The van der Waals surface area contributed by atoms with Gasteiger partial charge < -0.3 is 4.90 Å². The van der Waals surface area contributed by atoms with Crippen molar-refractivity contribution in [2.45, 2.75) is 19.3 Å². The predicted molar refractivity (Wildman–Crippen MR) is 94.0 cm³/mol. The molecule has 0 amide bonds. The van der Waals surface area contributed by atoms with Crippen molar-refractivity contribution >= 4 is 29.2 Å². The Balaban J connectivity index is 1.80. The van der Waals surface area contributed by atoms with Gasteiger partial charge in [0.15, 0.2) is 5.82 Å². The zero-order chi connectivity index (χ0) is 14.9. The lowest BCUT2D eigenvalue weighted by Crippen LogP contribution is -2.34. The van der Waals surface area contributed by atoms with Gasteiger partial charge in [0.05, 0.1) is 0 Å². The smallest absolute Gasteiger partial charge is 0.161 e. The van der Waals surface area contributed by atoms with Crippen LogP contribution in [-0.2, 0) is 12.8 Å². The molecule has 1 aliphatic heterocycles. The number of aryl methyl sites for hydroxylation is 1. The fourth-order valence-corrected chi connectivity index (χ4v) is 4.30. The number of thioether (sulfide) groups is 1. The minimum absolute atomic E-state index is 0.734. The SMILES string of the molecule is Clc1cccc(-c2nc3c(c(N4CCSCC4)n2)CCC3)c1. The lowest BCUT2D eigenvalue weighted by molar-refractivity contribution is 0.824. The third-order valence-electron chi connectivity index (χ3n) is 4.30. The van der Waals surface area contributed by atoms with Crippen molar-refractivity contribution in [2.24, 2.45) is 0 Å². The number of halogens is 1. The Morgan fingerprint density at radius 2 is 1.95 bits per heavy atom. The zero-order valence-corrected chi connectivity index (χ0v) is 14.0. The summed E-state index contributed by atoms with van der Waals surface area (Å²) in [4.78, 5) is 12.2. The van der Waals surface area contributed by atoms with Crippen LogP contribution in [0.15, 0.2) is 24.3 Å². The van der Waals surface area contributed by atoms with Crippen LogP contribution in [0.5, 0.6) is 0 Å². The number of anilines is 1. The predicted octanol–water partition coefficient (Wildman–Crippen LogP) is 3.84. The van der Waals surface area contributed by atoms with Crippen molar-refractivity contribution in [1.82, 2.24) is 9.97 Å². The van der Waals surface area contributed by atoms with Crippen molar-refractivity contribution in [2.75, 3.05) is 29.5 Å². The molecule has 1 aliphatic carbocycles. The summed E-state index contributed by atoms with van der Waals surface area (Å²) in [6.07, 6.45) is 3.38. The minimum atomic E-state index is 0.734. The zero-order valence-electron chi connectivity index (χ0n) is 12.4. The maximum absolute atomic E-state index is 6.13. The monoisotopic (exact) mass is 331 g/mol. The summed E-state index contributed by atoms with van der Waals surface area (Å²) in [7, 11) is 0. The fourth-order valence-electron chi connectivity index (χ4n) is 3.21. The Bertz CT molecular complexity index is 698. The van der Waals surface area contributed by atoms with Crippen molar-refractivity contribution in [3.05, 3.63) is 40.5 Å². The first-order chi connectivity index (χ1) is 10.8. The second kappa shape index (κ2) is 6.09. The Hall–Kier alpha value is -1.26. The average molecular weight is 332 g/mol. The lowest BCUT2D eigenvalue weighted by Gasteiger charge is -2.29. The molecular weight excluding hydrogens is 314 g/mol. The van der Waals surface area contributed by atoms with E-state index in [0.29, 0.717) is 0 Å². The Kier molecular flexibility index (Phi) is 3.97. The molecule has 0 spiro atoms. The van der Waals surface area contributed by atoms with E-state index in [4.69, 9.17) is 21.6 Å². The molecule has 0 atom stereocenters. The van der Waals surface area contributed by atoms with Crippen molar-refractivity contribution < 1.29 is 0 Å². The summed E-state index contributed by atoms with van der Waals surface area (Å²) in [5.41, 5.74) is 3.62. The van der Waals surface area contributed by atoms with Gasteiger partial charge in [-0.05, 0) is 31.4 Å². The van der Waals surface area contributed by atoms with E-state index in [9.17, 15) is 0 Å². The van der Waals surface area contributed by atoms with Gasteiger partial charge in [-0.2, -0.15) is 11.8 Å². The standard InChI is InChI=1S/C17H18ClN3S/c18-13-4-1-3-12(11-13)16-19-15-6-2-5-14(15)17(20-16)21-7-9-22-10-8-21/h1,3-4,11H,2,5-10H2. The number of benzene rings is 1. The molecule has 1 saturated heterocycles. The summed E-state index contributed by atoms with van der Waals surface area (Å²) < 4.78 is 0. The molecule has 114 valence electrons. The summed E-state index contributed by atoms with van der Waals surface area (Å²) >= 11 is 8.16. The minimum Gasteiger partial charge on any atom is -0.355 e. The first-order valence-electron chi connectivity index (χ1n) is 7.80. The molecule has 0 radical (unpaired) electrons. The van der Waals surface area contributed by atoms with Crippen LogP contribution in [0.25, 0.3) is 11.4 Å². The van der Waals surface area contributed by atoms with Gasteiger partial charge >= 0.3 is 0 Å². The van der Waals surface area contributed by atoms with Crippen molar-refractivity contribution in [3.63, 3.8) is 0 Å². The highest BCUT2D eigenvalue weighted by Gasteiger charge is 2.24. The van der Waals surface area contributed by atoms with Crippen LogP contribution in [0, 0.1) is 0 Å². The number of fused-ring (bicyclic) bond motifs is 1. The lowest BCUT2D eigenvalue weighted by atomic mass is 10.1. The molecule has 0 N–H and O–H groups in total. The first-order valence-corrected chi connectivity index (χ1v) is 9.33. The van der Waals surface area contributed by atoms with Crippen LogP contribution in [0.2, 0.25) is 5.02 Å². The van der Waals surface area contributed by atoms with Crippen LogP contribution in [0.3, 0.4) is 0 Å². The van der Waals surface area contributed by atoms with Gasteiger partial charge in [-0.1, -0.05) is 23.7 Å². The maximum atomic E-state index is 6.13. The van der Waals surface area contributed by atoms with Gasteiger partial charge in [0.1, 0.15) is 5.82 Å². The summed E-state index contributed by atoms with van der Waals surface area (Å²) in [5, 5.41) is 0.734. The van der Waals surface area contributed by atoms with E-state index in [0.717, 1.165) is 48.2 Å². The molecule has 0 bridgehead atoms. The number of aromatic nitrogens is 2. The van der Waals surface area contributed by atoms with E-state index < -0.39 is 0 Å². The van der Waals surface area contributed by atoms with Crippen LogP contribution in [0.4, 0.5) is 5.82 Å². The molecule has 22 heavy (non-hydrogen) atoms. The van der Waals surface area contributed by atoms with Crippen LogP contribution >= 0.6 is 23.4 Å². The second-order valence-corrected chi connectivity index (χ2v) is 7.42. The van der Waals surface area contributed by atoms with E-state index >= 15 is 0 Å². The highest BCUT2D eigenvalue weighted by Crippen LogP contribution is 2.32. The van der Waals surface area contributed by atoms with Gasteiger partial charge in [-0.15, -0.1) is 0 Å². The highest BCUT2D eigenvalue weighted by atomic mass is 35.5. The van der Waals surface area contributed by atoms with Crippen LogP contribution in [0.1, 0.15) is 17.7 Å². The molecule has 2 aromatic rings.